The van der Waals surface area contributed by atoms with Gasteiger partial charge in [-0.2, -0.15) is 11.3 Å². The van der Waals surface area contributed by atoms with Gasteiger partial charge in [-0.3, -0.25) is 4.79 Å². The van der Waals surface area contributed by atoms with Crippen molar-refractivity contribution < 1.29 is 4.79 Å². The van der Waals surface area contributed by atoms with Crippen molar-refractivity contribution in [2.24, 2.45) is 5.92 Å². The molecule has 3 nitrogen and oxygen atoms in total. The molecule has 100 valence electrons. The maximum atomic E-state index is 12.1. The molecule has 0 aromatic carbocycles. The maximum absolute atomic E-state index is 12.1. The largest absolute Gasteiger partial charge is 0.342 e. The summed E-state index contributed by atoms with van der Waals surface area (Å²) < 4.78 is 0. The molecule has 1 N–H and O–H groups in total. The van der Waals surface area contributed by atoms with Crippen LogP contribution in [0, 0.1) is 5.92 Å². The number of amides is 1. The van der Waals surface area contributed by atoms with Crippen molar-refractivity contribution in [1.29, 1.82) is 0 Å². The molecule has 1 aromatic rings. The van der Waals surface area contributed by atoms with E-state index in [4.69, 9.17) is 0 Å². The van der Waals surface area contributed by atoms with Crippen molar-refractivity contribution in [2.45, 2.75) is 25.7 Å². The van der Waals surface area contributed by atoms with Gasteiger partial charge < -0.3 is 10.2 Å². The molecule has 18 heavy (non-hydrogen) atoms. The zero-order valence-electron chi connectivity index (χ0n) is 11.0. The van der Waals surface area contributed by atoms with E-state index in [-0.39, 0.29) is 0 Å². The molecule has 0 radical (unpaired) electrons. The van der Waals surface area contributed by atoms with Gasteiger partial charge in [0.1, 0.15) is 0 Å². The third-order valence-corrected chi connectivity index (χ3v) is 4.44. The maximum Gasteiger partial charge on any atom is 0.227 e. The fourth-order valence-corrected chi connectivity index (χ4v) is 3.17. The van der Waals surface area contributed by atoms with Gasteiger partial charge in [-0.05, 0) is 61.2 Å². The van der Waals surface area contributed by atoms with Gasteiger partial charge in [0.15, 0.2) is 0 Å². The summed E-state index contributed by atoms with van der Waals surface area (Å²) in [7, 11) is 2.00. The number of hydrogen-bond acceptors (Lipinski definition) is 3. The minimum atomic E-state index is 0.292. The van der Waals surface area contributed by atoms with Crippen molar-refractivity contribution in [3.8, 4) is 0 Å². The Labute approximate surface area is 113 Å². The number of hydrogen-bond donors (Lipinski definition) is 1. The first kappa shape index (κ1) is 13.6. The summed E-state index contributed by atoms with van der Waals surface area (Å²) in [6.07, 6.45) is 4.14. The second-order valence-corrected chi connectivity index (χ2v) is 5.80. The lowest BCUT2D eigenvalue weighted by molar-refractivity contribution is -0.131. The molecular formula is C14H22N2OS. The van der Waals surface area contributed by atoms with Crippen molar-refractivity contribution in [3.63, 3.8) is 0 Å². The molecule has 0 saturated carbocycles. The number of rotatable bonds is 5. The average molecular weight is 266 g/mol. The lowest BCUT2D eigenvalue weighted by atomic mass is 9.93. The standard InChI is InChI=1S/C14H22N2OS/c1-15-6-2-12-3-7-16(8-4-12)14(17)10-13-5-9-18-11-13/h5,9,11-12,15H,2-4,6-8,10H2,1H3. The van der Waals surface area contributed by atoms with Crippen LogP contribution >= 0.6 is 11.3 Å². The summed E-state index contributed by atoms with van der Waals surface area (Å²) in [6.45, 7) is 2.97. The lowest BCUT2D eigenvalue weighted by Crippen LogP contribution is -2.39. The highest BCUT2D eigenvalue weighted by molar-refractivity contribution is 7.07. The molecule has 1 fully saturated rings. The summed E-state index contributed by atoms with van der Waals surface area (Å²) in [5.74, 6) is 1.09. The molecule has 1 amide bonds. The average Bonchev–Trinajstić information content (AvgIpc) is 2.89. The zero-order valence-corrected chi connectivity index (χ0v) is 11.8. The minimum absolute atomic E-state index is 0.292. The highest BCUT2D eigenvalue weighted by Crippen LogP contribution is 2.20. The van der Waals surface area contributed by atoms with E-state index in [1.54, 1.807) is 11.3 Å². The molecule has 0 aliphatic carbocycles. The Morgan fingerprint density at radius 3 is 2.89 bits per heavy atom. The van der Waals surface area contributed by atoms with Crippen LogP contribution < -0.4 is 5.32 Å². The monoisotopic (exact) mass is 266 g/mol. The Bertz CT molecular complexity index is 356. The molecule has 0 bridgehead atoms. The van der Waals surface area contributed by atoms with Gasteiger partial charge >= 0.3 is 0 Å². The molecule has 2 rings (SSSR count). The SMILES string of the molecule is CNCCC1CCN(C(=O)Cc2ccsc2)CC1. The second kappa shape index (κ2) is 6.90. The van der Waals surface area contributed by atoms with E-state index >= 15 is 0 Å². The number of likely N-dealkylation sites (tertiary alicyclic amines) is 1. The van der Waals surface area contributed by atoms with Crippen LogP contribution in [0.2, 0.25) is 0 Å². The van der Waals surface area contributed by atoms with Crippen LogP contribution in [0.5, 0.6) is 0 Å². The van der Waals surface area contributed by atoms with Crippen LogP contribution in [0.3, 0.4) is 0 Å². The zero-order chi connectivity index (χ0) is 12.8. The molecule has 1 aromatic heterocycles. The summed E-state index contributed by atoms with van der Waals surface area (Å²) in [5.41, 5.74) is 1.15. The van der Waals surface area contributed by atoms with Crippen molar-refractivity contribution in [3.05, 3.63) is 22.4 Å². The van der Waals surface area contributed by atoms with Gasteiger partial charge in [0.05, 0.1) is 6.42 Å². The predicted molar refractivity (Wildman–Crippen MR) is 75.9 cm³/mol. The van der Waals surface area contributed by atoms with Crippen LogP contribution in [0.25, 0.3) is 0 Å². The van der Waals surface area contributed by atoms with E-state index in [1.165, 1.54) is 6.42 Å². The first-order valence-corrected chi connectivity index (χ1v) is 7.67. The minimum Gasteiger partial charge on any atom is -0.342 e. The van der Waals surface area contributed by atoms with Crippen LogP contribution in [0.15, 0.2) is 16.8 Å². The third kappa shape index (κ3) is 3.82. The third-order valence-electron chi connectivity index (χ3n) is 3.71. The molecule has 4 heteroatoms. The number of nitrogens with zero attached hydrogens (tertiary/aromatic N) is 1. The Hall–Kier alpha value is -0.870. The van der Waals surface area contributed by atoms with Gasteiger partial charge in [-0.25, -0.2) is 0 Å². The van der Waals surface area contributed by atoms with E-state index in [0.717, 1.165) is 44.0 Å². The molecule has 1 aliphatic rings. The van der Waals surface area contributed by atoms with Gasteiger partial charge in [0.2, 0.25) is 5.91 Å². The first-order valence-electron chi connectivity index (χ1n) is 6.73. The van der Waals surface area contributed by atoms with Gasteiger partial charge in [0, 0.05) is 13.1 Å². The number of carbonyl (C=O) groups is 1. The van der Waals surface area contributed by atoms with E-state index in [0.29, 0.717) is 12.3 Å². The van der Waals surface area contributed by atoms with E-state index in [9.17, 15) is 4.79 Å². The highest BCUT2D eigenvalue weighted by atomic mass is 32.1. The van der Waals surface area contributed by atoms with Crippen LogP contribution in [0.1, 0.15) is 24.8 Å². The first-order chi connectivity index (χ1) is 8.79. The predicted octanol–water partition coefficient (Wildman–Crippen LogP) is 2.14. The molecule has 0 spiro atoms. The number of thiophene rings is 1. The molecule has 0 atom stereocenters. The summed E-state index contributed by atoms with van der Waals surface area (Å²) in [5, 5.41) is 7.30. The summed E-state index contributed by atoms with van der Waals surface area (Å²) in [4.78, 5) is 14.1. The topological polar surface area (TPSA) is 32.3 Å². The summed E-state index contributed by atoms with van der Waals surface area (Å²) in [6, 6.07) is 2.04. The van der Waals surface area contributed by atoms with E-state index in [2.05, 4.69) is 10.7 Å². The molecule has 1 aliphatic heterocycles. The van der Waals surface area contributed by atoms with Gasteiger partial charge in [0.25, 0.3) is 0 Å². The normalized spacial score (nSPS) is 17.1. The van der Waals surface area contributed by atoms with Crippen molar-refractivity contribution >= 4 is 17.2 Å². The second-order valence-electron chi connectivity index (χ2n) is 5.02. The Kier molecular flexibility index (Phi) is 5.20. The number of carbonyl (C=O) groups excluding carboxylic acids is 1. The fourth-order valence-electron chi connectivity index (χ4n) is 2.50. The Morgan fingerprint density at radius 1 is 1.50 bits per heavy atom. The summed E-state index contributed by atoms with van der Waals surface area (Å²) >= 11 is 1.66. The smallest absolute Gasteiger partial charge is 0.227 e. The van der Waals surface area contributed by atoms with Crippen LogP contribution in [-0.4, -0.2) is 37.5 Å². The number of piperidine rings is 1. The van der Waals surface area contributed by atoms with Crippen LogP contribution in [-0.2, 0) is 11.2 Å². The Balaban J connectivity index is 1.73. The molecule has 0 unspecified atom stereocenters. The fraction of sp³-hybridized carbons (Fsp3) is 0.643. The lowest BCUT2D eigenvalue weighted by Gasteiger charge is -2.32. The highest BCUT2D eigenvalue weighted by Gasteiger charge is 2.22. The van der Waals surface area contributed by atoms with Crippen LogP contribution in [0.4, 0.5) is 0 Å². The number of nitrogens with one attached hydrogen (secondary N) is 1. The van der Waals surface area contributed by atoms with E-state index in [1.807, 2.05) is 23.4 Å². The van der Waals surface area contributed by atoms with Gasteiger partial charge in [-0.15, -0.1) is 0 Å². The van der Waals surface area contributed by atoms with E-state index < -0.39 is 0 Å². The van der Waals surface area contributed by atoms with Crippen molar-refractivity contribution in [2.75, 3.05) is 26.7 Å². The molecular weight excluding hydrogens is 244 g/mol. The Morgan fingerprint density at radius 2 is 2.28 bits per heavy atom. The molecule has 1 saturated heterocycles. The van der Waals surface area contributed by atoms with Gasteiger partial charge in [-0.1, -0.05) is 0 Å². The van der Waals surface area contributed by atoms with Crippen molar-refractivity contribution in [1.82, 2.24) is 10.2 Å². The quantitative estimate of drug-likeness (QED) is 0.885. The molecule has 2 heterocycles.